The number of amides is 3. The Balaban J connectivity index is 2.54. The fourth-order valence-electron chi connectivity index (χ4n) is 1.62. The van der Waals surface area contributed by atoms with Crippen molar-refractivity contribution in [2.24, 2.45) is 0 Å². The van der Waals surface area contributed by atoms with Gasteiger partial charge in [0.05, 0.1) is 0 Å². The third kappa shape index (κ3) is 4.09. The van der Waals surface area contributed by atoms with Gasteiger partial charge in [-0.2, -0.15) is 0 Å². The van der Waals surface area contributed by atoms with Crippen molar-refractivity contribution in [2.75, 3.05) is 20.1 Å². The van der Waals surface area contributed by atoms with Crippen molar-refractivity contribution in [2.45, 2.75) is 32.7 Å². The molecule has 1 rings (SSSR count). The summed E-state index contributed by atoms with van der Waals surface area (Å²) in [5.74, 6) is -0.0547. The molecular formula is C12H21N3O2. The Kier molecular flexibility index (Phi) is 4.15. The fraction of sp³-hybridized carbons (Fsp3) is 0.667. The van der Waals surface area contributed by atoms with Crippen LogP contribution in [0.15, 0.2) is 11.6 Å². The number of carbonyl (C=O) groups is 2. The smallest absolute Gasteiger partial charge is 0.318 e. The molecule has 3 amide bonds. The topological polar surface area (TPSA) is 61.4 Å². The Morgan fingerprint density at radius 2 is 2.00 bits per heavy atom. The third-order valence-electron chi connectivity index (χ3n) is 2.50. The van der Waals surface area contributed by atoms with E-state index in [0.29, 0.717) is 19.5 Å². The minimum Gasteiger partial charge on any atom is -0.355 e. The van der Waals surface area contributed by atoms with Gasteiger partial charge in [0.15, 0.2) is 0 Å². The average Bonchev–Trinajstić information content (AvgIpc) is 2.26. The molecule has 0 spiro atoms. The van der Waals surface area contributed by atoms with E-state index in [0.717, 1.165) is 5.57 Å². The standard InChI is InChI=1S/C12H21N3O2/c1-12(2,3)14-11(17)15-7-5-9(6-8-15)10(16)13-4/h5H,6-8H2,1-4H3,(H,13,16)(H,14,17). The molecule has 2 N–H and O–H groups in total. The van der Waals surface area contributed by atoms with E-state index in [9.17, 15) is 9.59 Å². The van der Waals surface area contributed by atoms with Crippen molar-refractivity contribution in [3.05, 3.63) is 11.6 Å². The molecule has 0 bridgehead atoms. The Labute approximate surface area is 102 Å². The van der Waals surface area contributed by atoms with Crippen molar-refractivity contribution in [1.82, 2.24) is 15.5 Å². The highest BCUT2D eigenvalue weighted by molar-refractivity contribution is 5.93. The maximum Gasteiger partial charge on any atom is 0.318 e. The molecule has 96 valence electrons. The van der Waals surface area contributed by atoms with Gasteiger partial charge in [0.1, 0.15) is 0 Å². The van der Waals surface area contributed by atoms with E-state index >= 15 is 0 Å². The van der Waals surface area contributed by atoms with Gasteiger partial charge in [-0.25, -0.2) is 4.79 Å². The normalized spacial score (nSPS) is 16.2. The van der Waals surface area contributed by atoms with Crippen LogP contribution in [-0.4, -0.2) is 42.5 Å². The van der Waals surface area contributed by atoms with Crippen LogP contribution in [0.25, 0.3) is 0 Å². The van der Waals surface area contributed by atoms with Gasteiger partial charge < -0.3 is 15.5 Å². The summed E-state index contributed by atoms with van der Waals surface area (Å²) in [7, 11) is 1.61. The van der Waals surface area contributed by atoms with E-state index < -0.39 is 0 Å². The Bertz CT molecular complexity index is 342. The van der Waals surface area contributed by atoms with Gasteiger partial charge in [-0.1, -0.05) is 6.08 Å². The lowest BCUT2D eigenvalue weighted by atomic mass is 10.1. The highest BCUT2D eigenvalue weighted by Gasteiger charge is 2.22. The number of hydrogen-bond acceptors (Lipinski definition) is 2. The number of hydrogen-bond donors (Lipinski definition) is 2. The lowest BCUT2D eigenvalue weighted by molar-refractivity contribution is -0.117. The molecule has 0 radical (unpaired) electrons. The van der Waals surface area contributed by atoms with Gasteiger partial charge in [-0.3, -0.25) is 4.79 Å². The molecule has 0 aromatic carbocycles. The van der Waals surface area contributed by atoms with Crippen LogP contribution in [-0.2, 0) is 4.79 Å². The fourth-order valence-corrected chi connectivity index (χ4v) is 1.62. The molecule has 5 heteroatoms. The second-order valence-corrected chi connectivity index (χ2v) is 5.18. The highest BCUT2D eigenvalue weighted by atomic mass is 16.2. The molecule has 0 saturated carbocycles. The van der Waals surface area contributed by atoms with E-state index in [-0.39, 0.29) is 17.5 Å². The number of likely N-dealkylation sites (N-methyl/N-ethyl adjacent to an activating group) is 1. The molecule has 17 heavy (non-hydrogen) atoms. The molecular weight excluding hydrogens is 218 g/mol. The molecule has 0 atom stereocenters. The van der Waals surface area contributed by atoms with Gasteiger partial charge in [-0.05, 0) is 27.2 Å². The summed E-state index contributed by atoms with van der Waals surface area (Å²) in [5.41, 5.74) is 0.523. The van der Waals surface area contributed by atoms with Gasteiger partial charge >= 0.3 is 6.03 Å². The first kappa shape index (κ1) is 13.5. The highest BCUT2D eigenvalue weighted by Crippen LogP contribution is 2.11. The second-order valence-electron chi connectivity index (χ2n) is 5.18. The number of carbonyl (C=O) groups excluding carboxylic acids is 2. The molecule has 0 saturated heterocycles. The Morgan fingerprint density at radius 3 is 2.41 bits per heavy atom. The number of urea groups is 1. The van der Waals surface area contributed by atoms with E-state index in [4.69, 9.17) is 0 Å². The number of rotatable bonds is 1. The first-order chi connectivity index (χ1) is 7.83. The molecule has 1 aliphatic rings. The predicted molar refractivity (Wildman–Crippen MR) is 66.6 cm³/mol. The van der Waals surface area contributed by atoms with Crippen LogP contribution in [0.2, 0.25) is 0 Å². The van der Waals surface area contributed by atoms with Crippen LogP contribution in [0.4, 0.5) is 4.79 Å². The molecule has 0 unspecified atom stereocenters. The first-order valence-corrected chi connectivity index (χ1v) is 5.81. The Morgan fingerprint density at radius 1 is 1.35 bits per heavy atom. The zero-order valence-corrected chi connectivity index (χ0v) is 11.0. The molecule has 0 fully saturated rings. The van der Waals surface area contributed by atoms with Gasteiger partial charge in [-0.15, -0.1) is 0 Å². The molecule has 5 nitrogen and oxygen atoms in total. The molecule has 0 aromatic heterocycles. The van der Waals surface area contributed by atoms with Crippen LogP contribution < -0.4 is 10.6 Å². The average molecular weight is 239 g/mol. The summed E-state index contributed by atoms with van der Waals surface area (Å²) in [6.45, 7) is 6.91. The summed E-state index contributed by atoms with van der Waals surface area (Å²) in [4.78, 5) is 24.9. The van der Waals surface area contributed by atoms with Gasteiger partial charge in [0.2, 0.25) is 5.91 Å². The van der Waals surface area contributed by atoms with E-state index in [1.54, 1.807) is 11.9 Å². The van der Waals surface area contributed by atoms with Crippen molar-refractivity contribution in [3.63, 3.8) is 0 Å². The monoisotopic (exact) mass is 239 g/mol. The summed E-state index contributed by atoms with van der Waals surface area (Å²) in [6.07, 6.45) is 2.42. The zero-order valence-electron chi connectivity index (χ0n) is 11.0. The molecule has 0 aromatic rings. The Hall–Kier alpha value is -1.52. The summed E-state index contributed by atoms with van der Waals surface area (Å²) < 4.78 is 0. The maximum absolute atomic E-state index is 11.8. The van der Waals surface area contributed by atoms with Crippen LogP contribution in [0.5, 0.6) is 0 Å². The SMILES string of the molecule is CNC(=O)C1=CCN(C(=O)NC(C)(C)C)CC1. The maximum atomic E-state index is 11.8. The zero-order chi connectivity index (χ0) is 13.1. The van der Waals surface area contributed by atoms with Crippen molar-refractivity contribution < 1.29 is 9.59 Å². The summed E-state index contributed by atoms with van der Waals surface area (Å²) in [6, 6.07) is -0.0790. The van der Waals surface area contributed by atoms with Crippen molar-refractivity contribution in [1.29, 1.82) is 0 Å². The first-order valence-electron chi connectivity index (χ1n) is 5.81. The number of nitrogens with zero attached hydrogens (tertiary/aromatic N) is 1. The van der Waals surface area contributed by atoms with Crippen molar-refractivity contribution >= 4 is 11.9 Å². The van der Waals surface area contributed by atoms with Crippen LogP contribution in [0, 0.1) is 0 Å². The largest absolute Gasteiger partial charge is 0.355 e. The summed E-state index contributed by atoms with van der Waals surface area (Å²) in [5, 5.41) is 5.49. The molecule has 0 aliphatic carbocycles. The van der Waals surface area contributed by atoms with Gasteiger partial charge in [0.25, 0.3) is 0 Å². The van der Waals surface area contributed by atoms with Crippen LogP contribution in [0.3, 0.4) is 0 Å². The summed E-state index contributed by atoms with van der Waals surface area (Å²) >= 11 is 0. The lowest BCUT2D eigenvalue weighted by Crippen LogP contribution is -2.49. The van der Waals surface area contributed by atoms with E-state index in [2.05, 4.69) is 10.6 Å². The van der Waals surface area contributed by atoms with Gasteiger partial charge in [0, 0.05) is 31.2 Å². The quantitative estimate of drug-likeness (QED) is 0.713. The van der Waals surface area contributed by atoms with E-state index in [1.165, 1.54) is 0 Å². The molecule has 1 heterocycles. The number of nitrogens with one attached hydrogen (secondary N) is 2. The minimum atomic E-state index is -0.234. The molecule has 1 aliphatic heterocycles. The lowest BCUT2D eigenvalue weighted by Gasteiger charge is -2.30. The predicted octanol–water partition coefficient (Wildman–Crippen LogP) is 0.873. The van der Waals surface area contributed by atoms with E-state index in [1.807, 2.05) is 26.8 Å². The van der Waals surface area contributed by atoms with Crippen LogP contribution in [0.1, 0.15) is 27.2 Å². The third-order valence-corrected chi connectivity index (χ3v) is 2.50. The minimum absolute atomic E-state index is 0.0547. The van der Waals surface area contributed by atoms with Crippen LogP contribution >= 0.6 is 0 Å². The van der Waals surface area contributed by atoms with Crippen molar-refractivity contribution in [3.8, 4) is 0 Å². The second kappa shape index (κ2) is 5.21.